The first kappa shape index (κ1) is 13.8. The van der Waals surface area contributed by atoms with Crippen molar-refractivity contribution in [1.29, 1.82) is 0 Å². The molecule has 0 aliphatic rings. The number of terminal acetylenes is 1. The summed E-state index contributed by atoms with van der Waals surface area (Å²) in [4.78, 5) is 10.6. The SMILES string of the molecule is C#CCOc1ccc(C[C@H](N)C(=O)O)cc1I. The summed E-state index contributed by atoms with van der Waals surface area (Å²) in [5.41, 5.74) is 6.32. The first-order valence-corrected chi connectivity index (χ1v) is 5.95. The van der Waals surface area contributed by atoms with Crippen LogP contribution in [0.2, 0.25) is 0 Å². The number of hydrogen-bond acceptors (Lipinski definition) is 3. The fourth-order valence-electron chi connectivity index (χ4n) is 1.25. The Morgan fingerprint density at radius 3 is 2.88 bits per heavy atom. The second-order valence-corrected chi connectivity index (χ2v) is 4.57. The smallest absolute Gasteiger partial charge is 0.320 e. The van der Waals surface area contributed by atoms with Crippen LogP contribution in [-0.4, -0.2) is 23.7 Å². The maximum absolute atomic E-state index is 10.6. The van der Waals surface area contributed by atoms with Gasteiger partial charge in [0.2, 0.25) is 0 Å². The van der Waals surface area contributed by atoms with Crippen molar-refractivity contribution in [3.8, 4) is 18.1 Å². The Bertz CT molecular complexity index is 454. The van der Waals surface area contributed by atoms with Gasteiger partial charge in [0.15, 0.2) is 0 Å². The minimum Gasteiger partial charge on any atom is -0.480 e. The van der Waals surface area contributed by atoms with Gasteiger partial charge < -0.3 is 15.6 Å². The minimum atomic E-state index is -1.01. The van der Waals surface area contributed by atoms with Crippen molar-refractivity contribution < 1.29 is 14.6 Å². The molecule has 3 N–H and O–H groups in total. The zero-order valence-corrected chi connectivity index (χ0v) is 11.2. The van der Waals surface area contributed by atoms with Crippen molar-refractivity contribution >= 4 is 28.6 Å². The molecule has 0 spiro atoms. The quantitative estimate of drug-likeness (QED) is 0.623. The average Bonchev–Trinajstić information content (AvgIpc) is 2.28. The Balaban J connectivity index is 2.75. The molecular weight excluding hydrogens is 333 g/mol. The largest absolute Gasteiger partial charge is 0.480 e. The predicted molar refractivity (Wildman–Crippen MR) is 72.8 cm³/mol. The van der Waals surface area contributed by atoms with Crippen LogP contribution in [0.4, 0.5) is 0 Å². The monoisotopic (exact) mass is 345 g/mol. The molecule has 0 aliphatic heterocycles. The normalized spacial score (nSPS) is 11.6. The molecule has 0 fully saturated rings. The molecule has 1 aromatic rings. The molecule has 0 heterocycles. The number of carboxylic acid groups (broad SMARTS) is 1. The zero-order chi connectivity index (χ0) is 12.8. The van der Waals surface area contributed by atoms with E-state index in [1.54, 1.807) is 12.1 Å². The third-order valence-corrected chi connectivity index (χ3v) is 2.92. The number of aliphatic carboxylic acids is 1. The fourth-order valence-corrected chi connectivity index (χ4v) is 1.98. The Morgan fingerprint density at radius 2 is 2.35 bits per heavy atom. The van der Waals surface area contributed by atoms with E-state index in [0.717, 1.165) is 9.13 Å². The molecule has 0 saturated carbocycles. The summed E-state index contributed by atoms with van der Waals surface area (Å²) in [7, 11) is 0. The molecule has 0 bridgehead atoms. The number of nitrogens with two attached hydrogens (primary N) is 1. The minimum absolute atomic E-state index is 0.212. The molecule has 1 aromatic carbocycles. The Kier molecular flexibility index (Phi) is 5.25. The summed E-state index contributed by atoms with van der Waals surface area (Å²) >= 11 is 2.11. The first-order chi connectivity index (χ1) is 8.04. The third kappa shape index (κ3) is 4.24. The fraction of sp³-hybridized carbons (Fsp3) is 0.250. The van der Waals surface area contributed by atoms with Gasteiger partial charge in [0.1, 0.15) is 18.4 Å². The van der Waals surface area contributed by atoms with Crippen molar-refractivity contribution in [2.75, 3.05) is 6.61 Å². The van der Waals surface area contributed by atoms with E-state index in [4.69, 9.17) is 22.0 Å². The highest BCUT2D eigenvalue weighted by atomic mass is 127. The molecule has 90 valence electrons. The molecule has 17 heavy (non-hydrogen) atoms. The van der Waals surface area contributed by atoms with Crippen LogP contribution in [0.1, 0.15) is 5.56 Å². The van der Waals surface area contributed by atoms with Gasteiger partial charge in [-0.3, -0.25) is 4.79 Å². The van der Waals surface area contributed by atoms with E-state index in [9.17, 15) is 4.79 Å². The van der Waals surface area contributed by atoms with Gasteiger partial charge in [-0.25, -0.2) is 0 Å². The summed E-state index contributed by atoms with van der Waals surface area (Å²) in [6, 6.07) is 4.51. The lowest BCUT2D eigenvalue weighted by Gasteiger charge is -2.09. The Labute approximate surface area is 113 Å². The molecule has 1 atom stereocenters. The first-order valence-electron chi connectivity index (χ1n) is 4.87. The van der Waals surface area contributed by atoms with Crippen molar-refractivity contribution in [3.05, 3.63) is 27.3 Å². The van der Waals surface area contributed by atoms with E-state index in [0.29, 0.717) is 12.2 Å². The van der Waals surface area contributed by atoms with Gasteiger partial charge in [-0.1, -0.05) is 12.0 Å². The number of halogens is 1. The number of hydrogen-bond donors (Lipinski definition) is 2. The maximum Gasteiger partial charge on any atom is 0.320 e. The van der Waals surface area contributed by atoms with E-state index in [1.807, 2.05) is 6.07 Å². The van der Waals surface area contributed by atoms with Crippen LogP contribution in [-0.2, 0) is 11.2 Å². The van der Waals surface area contributed by atoms with Gasteiger partial charge in [0.25, 0.3) is 0 Å². The van der Waals surface area contributed by atoms with Gasteiger partial charge >= 0.3 is 5.97 Å². The summed E-state index contributed by atoms with van der Waals surface area (Å²) < 4.78 is 6.18. The molecule has 0 amide bonds. The lowest BCUT2D eigenvalue weighted by atomic mass is 10.1. The van der Waals surface area contributed by atoms with Crippen LogP contribution < -0.4 is 10.5 Å². The van der Waals surface area contributed by atoms with Crippen molar-refractivity contribution in [3.63, 3.8) is 0 Å². The maximum atomic E-state index is 10.6. The van der Waals surface area contributed by atoms with Crippen LogP contribution in [0, 0.1) is 15.9 Å². The summed E-state index contributed by atoms with van der Waals surface area (Å²) in [5, 5.41) is 8.71. The van der Waals surface area contributed by atoms with Crippen molar-refractivity contribution in [2.45, 2.75) is 12.5 Å². The predicted octanol–water partition coefficient (Wildman–Crippen LogP) is 1.26. The summed E-state index contributed by atoms with van der Waals surface area (Å²) in [5.74, 6) is 2.07. The summed E-state index contributed by atoms with van der Waals surface area (Å²) in [6.45, 7) is 0.212. The second-order valence-electron chi connectivity index (χ2n) is 3.41. The Hall–Kier alpha value is -1.26. The molecule has 4 nitrogen and oxygen atoms in total. The molecule has 0 unspecified atom stereocenters. The van der Waals surface area contributed by atoms with Gasteiger partial charge in [0, 0.05) is 0 Å². The van der Waals surface area contributed by atoms with Gasteiger partial charge in [-0.15, -0.1) is 6.42 Å². The van der Waals surface area contributed by atoms with Crippen LogP contribution >= 0.6 is 22.6 Å². The zero-order valence-electron chi connectivity index (χ0n) is 9.02. The molecule has 5 heteroatoms. The Morgan fingerprint density at radius 1 is 1.65 bits per heavy atom. The topological polar surface area (TPSA) is 72.5 Å². The van der Waals surface area contributed by atoms with Crippen molar-refractivity contribution in [1.82, 2.24) is 0 Å². The van der Waals surface area contributed by atoms with Crippen LogP contribution in [0.15, 0.2) is 18.2 Å². The third-order valence-electron chi connectivity index (χ3n) is 2.08. The van der Waals surface area contributed by atoms with Crippen LogP contribution in [0.3, 0.4) is 0 Å². The number of benzene rings is 1. The van der Waals surface area contributed by atoms with Gasteiger partial charge in [-0.2, -0.15) is 0 Å². The van der Waals surface area contributed by atoms with E-state index in [2.05, 4.69) is 28.5 Å². The van der Waals surface area contributed by atoms with Crippen molar-refractivity contribution in [2.24, 2.45) is 5.73 Å². The lowest BCUT2D eigenvalue weighted by molar-refractivity contribution is -0.138. The van der Waals surface area contributed by atoms with Crippen LogP contribution in [0.25, 0.3) is 0 Å². The summed E-state index contributed by atoms with van der Waals surface area (Å²) in [6.07, 6.45) is 5.39. The van der Waals surface area contributed by atoms with E-state index in [-0.39, 0.29) is 6.61 Å². The highest BCUT2D eigenvalue weighted by Gasteiger charge is 2.13. The highest BCUT2D eigenvalue weighted by molar-refractivity contribution is 14.1. The molecule has 0 aliphatic carbocycles. The molecule has 0 radical (unpaired) electrons. The molecule has 1 rings (SSSR count). The number of carbonyl (C=O) groups is 1. The van der Waals surface area contributed by atoms with Gasteiger partial charge in [-0.05, 0) is 46.7 Å². The highest BCUT2D eigenvalue weighted by Crippen LogP contribution is 2.22. The second kappa shape index (κ2) is 6.47. The standard InChI is InChI=1S/C12H12INO3/c1-2-5-17-11-4-3-8(6-9(11)13)7-10(14)12(15)16/h1,3-4,6,10H,5,7,14H2,(H,15,16)/t10-/m0/s1. The van der Waals surface area contributed by atoms with E-state index in [1.165, 1.54) is 0 Å². The molecular formula is C12H12INO3. The lowest BCUT2D eigenvalue weighted by Crippen LogP contribution is -2.32. The van der Waals surface area contributed by atoms with E-state index >= 15 is 0 Å². The van der Waals surface area contributed by atoms with E-state index < -0.39 is 12.0 Å². The van der Waals surface area contributed by atoms with Gasteiger partial charge in [0.05, 0.1) is 3.57 Å². The number of ether oxygens (including phenoxy) is 1. The molecule has 0 saturated heterocycles. The number of rotatable bonds is 5. The van der Waals surface area contributed by atoms with Crippen LogP contribution in [0.5, 0.6) is 5.75 Å². The number of carboxylic acids is 1. The average molecular weight is 345 g/mol. The molecule has 0 aromatic heterocycles.